The van der Waals surface area contributed by atoms with Crippen molar-refractivity contribution < 1.29 is 4.84 Å². The number of anilines is 1. The van der Waals surface area contributed by atoms with Crippen molar-refractivity contribution in [2.75, 3.05) is 19.2 Å². The Bertz CT molecular complexity index is 581. The normalized spacial score (nSPS) is 18.9. The molecule has 3 rings (SSSR count). The molecular weight excluding hydrogens is 246 g/mol. The molecule has 0 radical (unpaired) electrons. The van der Waals surface area contributed by atoms with Crippen LogP contribution in [0, 0.1) is 5.92 Å². The number of thiophene rings is 1. The predicted molar refractivity (Wildman–Crippen MR) is 74.0 cm³/mol. The first-order valence-corrected chi connectivity index (χ1v) is 7.05. The second-order valence-electron chi connectivity index (χ2n) is 4.91. The van der Waals surface area contributed by atoms with Crippen LogP contribution in [0.5, 0.6) is 0 Å². The van der Waals surface area contributed by atoms with Crippen molar-refractivity contribution in [3.63, 3.8) is 0 Å². The molecule has 1 atom stereocenters. The van der Waals surface area contributed by atoms with E-state index >= 15 is 0 Å². The van der Waals surface area contributed by atoms with E-state index in [2.05, 4.69) is 16.9 Å². The third-order valence-electron chi connectivity index (χ3n) is 3.64. The fourth-order valence-electron chi connectivity index (χ4n) is 2.58. The summed E-state index contributed by atoms with van der Waals surface area (Å²) < 4.78 is 0. The standard InChI is InChI=1S/C13H17N3OS/c1-8-4-5-9-10(6-8)18-13-11(9)12(14-7-15-13)16(2)17-3/h7-8H,4-6H2,1-3H3/t8-/m0/s1. The summed E-state index contributed by atoms with van der Waals surface area (Å²) in [6, 6.07) is 0. The largest absolute Gasteiger partial charge is 0.276 e. The molecule has 1 aliphatic rings. The van der Waals surface area contributed by atoms with Crippen molar-refractivity contribution >= 4 is 27.4 Å². The van der Waals surface area contributed by atoms with Gasteiger partial charge in [-0.2, -0.15) is 0 Å². The Labute approximate surface area is 111 Å². The second-order valence-corrected chi connectivity index (χ2v) is 5.99. The molecule has 1 aliphatic carbocycles. The van der Waals surface area contributed by atoms with Crippen LogP contribution < -0.4 is 5.06 Å². The molecule has 4 nitrogen and oxygen atoms in total. The van der Waals surface area contributed by atoms with E-state index in [1.165, 1.54) is 28.7 Å². The van der Waals surface area contributed by atoms with Crippen LogP contribution in [0.15, 0.2) is 6.33 Å². The Morgan fingerprint density at radius 1 is 1.44 bits per heavy atom. The van der Waals surface area contributed by atoms with Gasteiger partial charge in [0, 0.05) is 11.9 Å². The van der Waals surface area contributed by atoms with E-state index in [-0.39, 0.29) is 0 Å². The summed E-state index contributed by atoms with van der Waals surface area (Å²) in [6.45, 7) is 2.32. The highest BCUT2D eigenvalue weighted by molar-refractivity contribution is 7.19. The molecule has 0 saturated heterocycles. The van der Waals surface area contributed by atoms with Crippen LogP contribution in [0.1, 0.15) is 23.8 Å². The molecular formula is C13H17N3OS. The highest BCUT2D eigenvalue weighted by Gasteiger charge is 2.24. The molecule has 18 heavy (non-hydrogen) atoms. The van der Waals surface area contributed by atoms with Gasteiger partial charge in [0.1, 0.15) is 11.2 Å². The lowest BCUT2D eigenvalue weighted by molar-refractivity contribution is 0.183. The zero-order valence-electron chi connectivity index (χ0n) is 10.9. The van der Waals surface area contributed by atoms with Crippen molar-refractivity contribution in [1.82, 2.24) is 9.97 Å². The van der Waals surface area contributed by atoms with Crippen LogP contribution >= 0.6 is 11.3 Å². The van der Waals surface area contributed by atoms with Gasteiger partial charge in [-0.05, 0) is 30.7 Å². The van der Waals surface area contributed by atoms with Gasteiger partial charge in [-0.15, -0.1) is 11.3 Å². The average Bonchev–Trinajstić information content (AvgIpc) is 2.74. The molecule has 0 N–H and O–H groups in total. The van der Waals surface area contributed by atoms with Crippen LogP contribution in [0.25, 0.3) is 10.2 Å². The number of fused-ring (bicyclic) bond motifs is 3. The van der Waals surface area contributed by atoms with Crippen molar-refractivity contribution in [2.24, 2.45) is 5.92 Å². The Morgan fingerprint density at radius 2 is 2.28 bits per heavy atom. The maximum Gasteiger partial charge on any atom is 0.164 e. The number of hydroxylamine groups is 1. The molecule has 0 aromatic carbocycles. The molecule has 0 amide bonds. The van der Waals surface area contributed by atoms with Gasteiger partial charge in [0.05, 0.1) is 12.5 Å². The van der Waals surface area contributed by atoms with E-state index < -0.39 is 0 Å². The summed E-state index contributed by atoms with van der Waals surface area (Å²) >= 11 is 1.81. The number of hydrogen-bond donors (Lipinski definition) is 0. The Morgan fingerprint density at radius 3 is 3.06 bits per heavy atom. The van der Waals surface area contributed by atoms with E-state index in [1.54, 1.807) is 18.5 Å². The first-order chi connectivity index (χ1) is 8.70. The van der Waals surface area contributed by atoms with E-state index in [1.807, 2.05) is 18.4 Å². The zero-order valence-corrected chi connectivity index (χ0v) is 11.8. The van der Waals surface area contributed by atoms with Crippen LogP contribution in [0.3, 0.4) is 0 Å². The number of rotatable bonds is 2. The fraction of sp³-hybridized carbons (Fsp3) is 0.538. The van der Waals surface area contributed by atoms with Gasteiger partial charge in [-0.1, -0.05) is 6.92 Å². The Hall–Kier alpha value is -1.20. The fourth-order valence-corrected chi connectivity index (χ4v) is 3.93. The van der Waals surface area contributed by atoms with Crippen molar-refractivity contribution in [3.8, 4) is 0 Å². The maximum absolute atomic E-state index is 5.27. The molecule has 0 unspecified atom stereocenters. The lowest BCUT2D eigenvalue weighted by atomic mass is 9.89. The van der Waals surface area contributed by atoms with E-state index in [9.17, 15) is 0 Å². The van der Waals surface area contributed by atoms with Crippen LogP contribution in [-0.4, -0.2) is 24.1 Å². The number of aryl methyl sites for hydroxylation is 1. The minimum Gasteiger partial charge on any atom is -0.276 e. The quantitative estimate of drug-likeness (QED) is 0.781. The van der Waals surface area contributed by atoms with Crippen LogP contribution in [0.2, 0.25) is 0 Å². The number of aromatic nitrogens is 2. The third-order valence-corrected chi connectivity index (χ3v) is 4.81. The van der Waals surface area contributed by atoms with Gasteiger partial charge in [-0.25, -0.2) is 15.0 Å². The van der Waals surface area contributed by atoms with Gasteiger partial charge in [0.15, 0.2) is 5.82 Å². The smallest absolute Gasteiger partial charge is 0.164 e. The maximum atomic E-state index is 5.27. The van der Waals surface area contributed by atoms with Gasteiger partial charge in [-0.3, -0.25) is 4.84 Å². The van der Waals surface area contributed by atoms with Gasteiger partial charge < -0.3 is 0 Å². The zero-order chi connectivity index (χ0) is 12.7. The van der Waals surface area contributed by atoms with Crippen LogP contribution in [-0.2, 0) is 17.7 Å². The molecule has 2 heterocycles. The molecule has 5 heteroatoms. The van der Waals surface area contributed by atoms with Crippen molar-refractivity contribution in [2.45, 2.75) is 26.2 Å². The lowest BCUT2D eigenvalue weighted by Crippen LogP contribution is -2.17. The molecule has 0 aliphatic heterocycles. The molecule has 96 valence electrons. The Balaban J connectivity index is 2.21. The SMILES string of the molecule is CON(C)c1ncnc2sc3c(c12)CC[C@H](C)C3. The summed E-state index contributed by atoms with van der Waals surface area (Å²) in [5.74, 6) is 1.66. The van der Waals surface area contributed by atoms with E-state index in [0.29, 0.717) is 0 Å². The van der Waals surface area contributed by atoms with E-state index in [4.69, 9.17) is 4.84 Å². The molecule has 2 aromatic rings. The molecule has 2 aromatic heterocycles. The molecule has 0 saturated carbocycles. The van der Waals surface area contributed by atoms with Crippen LogP contribution in [0.4, 0.5) is 5.82 Å². The molecule has 0 bridgehead atoms. The highest BCUT2D eigenvalue weighted by Crippen LogP contribution is 2.40. The number of nitrogens with zero attached hydrogens (tertiary/aromatic N) is 3. The summed E-state index contributed by atoms with van der Waals surface area (Å²) in [6.07, 6.45) is 5.18. The topological polar surface area (TPSA) is 38.2 Å². The molecule has 0 fully saturated rings. The number of hydrogen-bond acceptors (Lipinski definition) is 5. The minimum absolute atomic E-state index is 0.780. The van der Waals surface area contributed by atoms with Crippen molar-refractivity contribution in [3.05, 3.63) is 16.8 Å². The first kappa shape index (κ1) is 11.9. The summed E-state index contributed by atoms with van der Waals surface area (Å²) in [7, 11) is 3.55. The second kappa shape index (κ2) is 4.48. The minimum atomic E-state index is 0.780. The van der Waals surface area contributed by atoms with Gasteiger partial charge in [0.2, 0.25) is 0 Å². The summed E-state index contributed by atoms with van der Waals surface area (Å²) in [4.78, 5) is 16.6. The summed E-state index contributed by atoms with van der Waals surface area (Å²) in [5.41, 5.74) is 1.44. The third kappa shape index (κ3) is 1.78. The highest BCUT2D eigenvalue weighted by atomic mass is 32.1. The predicted octanol–water partition coefficient (Wildman–Crippen LogP) is 2.81. The molecule has 0 spiro atoms. The van der Waals surface area contributed by atoms with Gasteiger partial charge in [0.25, 0.3) is 0 Å². The average molecular weight is 263 g/mol. The first-order valence-electron chi connectivity index (χ1n) is 6.23. The monoisotopic (exact) mass is 263 g/mol. The Kier molecular flexibility index (Phi) is 2.95. The van der Waals surface area contributed by atoms with E-state index in [0.717, 1.165) is 23.0 Å². The van der Waals surface area contributed by atoms with Gasteiger partial charge >= 0.3 is 0 Å². The summed E-state index contributed by atoms with van der Waals surface area (Å²) in [5, 5.41) is 2.91. The lowest BCUT2D eigenvalue weighted by Gasteiger charge is -2.20. The van der Waals surface area contributed by atoms with Crippen molar-refractivity contribution in [1.29, 1.82) is 0 Å².